The number of carbonyl (C=O) groups is 3. The summed E-state index contributed by atoms with van der Waals surface area (Å²) in [5.41, 5.74) is -1.78. The average molecular weight is 519 g/mol. The number of rotatable bonds is 3. The predicted octanol–water partition coefficient (Wildman–Crippen LogP) is 5.43. The Morgan fingerprint density at radius 1 is 1.17 bits per heavy atom. The lowest BCUT2D eigenvalue weighted by molar-refractivity contribution is -0.178. The average Bonchev–Trinajstić information content (AvgIpc) is 3.01. The summed E-state index contributed by atoms with van der Waals surface area (Å²) in [5, 5.41) is -0.0519. The largest absolute Gasteiger partial charge is 0.509 e. The van der Waals surface area contributed by atoms with Crippen LogP contribution in [0.1, 0.15) is 68.2 Å². The van der Waals surface area contributed by atoms with Gasteiger partial charge >= 0.3 is 12.1 Å². The molecule has 9 atom stereocenters. The molecule has 5 aliphatic rings. The standard InChI is InChI=1S/C28H42O7Si/c1-14-13-27-15(2)11-17-21(26(17,7)8)20(22(27)30)18(35-36(9,10)25(4,5)6)12-19-28(27,34-24(31)33-19)23(14)32-16(3)29/h13,15,17-21,23H,11-12H2,1-10H3/t15-,17-,18-,19-,20+,21-,23+,27+,28+/m1/s1. The first-order valence-corrected chi connectivity index (χ1v) is 16.3. The SMILES string of the molecule is CC(=O)O[C@H]1C(C)=C[C@@]23C(=O)[C@H]([C@H]4[C@@H](C[C@H]2C)C4(C)C)[C@H](O[Si](C)(C)C(C)(C)C)C[C@H]2OC(=O)O[C@@]213. The Labute approximate surface area is 215 Å². The summed E-state index contributed by atoms with van der Waals surface area (Å²) < 4.78 is 24.9. The van der Waals surface area contributed by atoms with Gasteiger partial charge in [0.25, 0.3) is 0 Å². The Bertz CT molecular complexity index is 1050. The van der Waals surface area contributed by atoms with Crippen molar-refractivity contribution in [3.8, 4) is 0 Å². The molecule has 2 spiro atoms. The van der Waals surface area contributed by atoms with Gasteiger partial charge in [0.2, 0.25) is 5.60 Å². The number of ether oxygens (including phenoxy) is 3. The molecule has 0 unspecified atom stereocenters. The second kappa shape index (κ2) is 7.46. The maximum absolute atomic E-state index is 15.1. The third-order valence-corrected chi connectivity index (χ3v) is 15.4. The minimum Gasteiger partial charge on any atom is -0.454 e. The Morgan fingerprint density at radius 3 is 2.39 bits per heavy atom. The van der Waals surface area contributed by atoms with Crippen molar-refractivity contribution < 1.29 is 33.0 Å². The van der Waals surface area contributed by atoms with Crippen LogP contribution in [0.5, 0.6) is 0 Å². The van der Waals surface area contributed by atoms with Crippen molar-refractivity contribution in [2.24, 2.45) is 34.5 Å². The summed E-state index contributed by atoms with van der Waals surface area (Å²) in [6.07, 6.45) is 0.307. The fourth-order valence-electron chi connectivity index (χ4n) is 8.10. The van der Waals surface area contributed by atoms with Gasteiger partial charge in [0.15, 0.2) is 26.3 Å². The first-order chi connectivity index (χ1) is 16.4. The van der Waals surface area contributed by atoms with Gasteiger partial charge in [0.1, 0.15) is 0 Å². The molecule has 0 aromatic heterocycles. The number of Topliss-reactive ketones (excluding diaryl/α,β-unsaturated/α-hetero) is 1. The molecule has 1 aliphatic heterocycles. The van der Waals surface area contributed by atoms with Crippen LogP contribution in [-0.2, 0) is 28.2 Å². The number of hydrogen-bond donors (Lipinski definition) is 0. The summed E-state index contributed by atoms with van der Waals surface area (Å²) in [7, 11) is -2.28. The van der Waals surface area contributed by atoms with Crippen LogP contribution >= 0.6 is 0 Å². The van der Waals surface area contributed by atoms with Gasteiger partial charge in [-0.2, -0.15) is 0 Å². The first kappa shape index (κ1) is 26.0. The van der Waals surface area contributed by atoms with Crippen molar-refractivity contribution in [3.63, 3.8) is 0 Å². The zero-order chi connectivity index (χ0) is 26.8. The Morgan fingerprint density at radius 2 is 1.81 bits per heavy atom. The summed E-state index contributed by atoms with van der Waals surface area (Å²) in [4.78, 5) is 40.1. The highest BCUT2D eigenvalue weighted by Crippen LogP contribution is 2.73. The first-order valence-electron chi connectivity index (χ1n) is 13.4. The number of fused-ring (bicyclic) bond motifs is 3. The zero-order valence-electron chi connectivity index (χ0n) is 23.4. The summed E-state index contributed by atoms with van der Waals surface area (Å²) in [6, 6.07) is 0. The molecule has 200 valence electrons. The quantitative estimate of drug-likeness (QED) is 0.280. The third kappa shape index (κ3) is 3.09. The van der Waals surface area contributed by atoms with Crippen LogP contribution in [0, 0.1) is 34.5 Å². The molecule has 0 amide bonds. The Kier molecular flexibility index (Phi) is 5.38. The molecule has 2 bridgehead atoms. The monoisotopic (exact) mass is 518 g/mol. The Hall–Kier alpha value is -1.67. The van der Waals surface area contributed by atoms with E-state index in [0.717, 1.165) is 12.0 Å². The Balaban J connectivity index is 1.73. The fourth-order valence-corrected chi connectivity index (χ4v) is 9.45. The predicted molar refractivity (Wildman–Crippen MR) is 136 cm³/mol. The molecule has 1 heterocycles. The molecule has 0 N–H and O–H groups in total. The zero-order valence-corrected chi connectivity index (χ0v) is 24.4. The highest BCUT2D eigenvalue weighted by molar-refractivity contribution is 6.74. The van der Waals surface area contributed by atoms with E-state index in [1.807, 2.05) is 13.0 Å². The van der Waals surface area contributed by atoms with Gasteiger partial charge < -0.3 is 18.6 Å². The second-order valence-corrected chi connectivity index (χ2v) is 18.9. The second-order valence-electron chi connectivity index (χ2n) is 14.1. The molecule has 4 fully saturated rings. The lowest BCUT2D eigenvalue weighted by Gasteiger charge is -2.46. The highest BCUT2D eigenvalue weighted by atomic mass is 28.4. The molecule has 0 aromatic rings. The molecular formula is C28H42O7Si. The van der Waals surface area contributed by atoms with Crippen LogP contribution < -0.4 is 0 Å². The minimum absolute atomic E-state index is 0.0298. The number of esters is 1. The van der Waals surface area contributed by atoms with Crippen molar-refractivity contribution in [2.75, 3.05) is 0 Å². The van der Waals surface area contributed by atoms with Crippen molar-refractivity contribution in [1.82, 2.24) is 0 Å². The van der Waals surface area contributed by atoms with E-state index >= 15 is 4.79 Å². The van der Waals surface area contributed by atoms with Crippen LogP contribution in [0.25, 0.3) is 0 Å². The van der Waals surface area contributed by atoms with E-state index in [9.17, 15) is 9.59 Å². The fraction of sp³-hybridized carbons (Fsp3) is 0.821. The van der Waals surface area contributed by atoms with Gasteiger partial charge in [-0.05, 0) is 60.2 Å². The maximum Gasteiger partial charge on any atom is 0.509 e. The van der Waals surface area contributed by atoms with Gasteiger partial charge in [0, 0.05) is 19.3 Å². The molecule has 1 saturated heterocycles. The summed E-state index contributed by atoms with van der Waals surface area (Å²) in [6.45, 7) is 20.8. The minimum atomic E-state index is -2.28. The van der Waals surface area contributed by atoms with E-state index in [2.05, 4.69) is 54.6 Å². The van der Waals surface area contributed by atoms with Crippen molar-refractivity contribution in [3.05, 3.63) is 11.6 Å². The van der Waals surface area contributed by atoms with Gasteiger partial charge in [-0.25, -0.2) is 4.79 Å². The van der Waals surface area contributed by atoms with E-state index in [4.69, 9.17) is 18.6 Å². The number of carbonyl (C=O) groups excluding carboxylic acids is 3. The molecular weight excluding hydrogens is 476 g/mol. The molecule has 8 heteroatoms. The molecule has 4 aliphatic carbocycles. The van der Waals surface area contributed by atoms with Gasteiger partial charge in [-0.3, -0.25) is 9.59 Å². The van der Waals surface area contributed by atoms with Crippen LogP contribution in [0.3, 0.4) is 0 Å². The molecule has 5 rings (SSSR count). The van der Waals surface area contributed by atoms with Crippen LogP contribution in [0.15, 0.2) is 11.6 Å². The van der Waals surface area contributed by atoms with Gasteiger partial charge in [-0.1, -0.05) is 47.6 Å². The van der Waals surface area contributed by atoms with Crippen LogP contribution in [0.2, 0.25) is 18.1 Å². The van der Waals surface area contributed by atoms with E-state index in [0.29, 0.717) is 12.3 Å². The summed E-state index contributed by atoms with van der Waals surface area (Å²) >= 11 is 0. The van der Waals surface area contributed by atoms with Crippen LogP contribution in [0.4, 0.5) is 4.79 Å². The third-order valence-electron chi connectivity index (χ3n) is 10.9. The van der Waals surface area contributed by atoms with E-state index < -0.39 is 49.8 Å². The lowest BCUT2D eigenvalue weighted by Crippen LogP contribution is -2.64. The van der Waals surface area contributed by atoms with Crippen molar-refractivity contribution in [2.45, 2.75) is 110 Å². The number of hydrogen-bond acceptors (Lipinski definition) is 7. The van der Waals surface area contributed by atoms with Gasteiger partial charge in [0.05, 0.1) is 11.5 Å². The molecule has 0 radical (unpaired) electrons. The van der Waals surface area contributed by atoms with Crippen molar-refractivity contribution in [1.29, 1.82) is 0 Å². The van der Waals surface area contributed by atoms with E-state index in [1.165, 1.54) is 6.92 Å². The van der Waals surface area contributed by atoms with Gasteiger partial charge in [-0.15, -0.1) is 0 Å². The molecule has 7 nitrogen and oxygen atoms in total. The van der Waals surface area contributed by atoms with E-state index in [-0.39, 0.29) is 34.0 Å². The smallest absolute Gasteiger partial charge is 0.454 e. The van der Waals surface area contributed by atoms with Crippen molar-refractivity contribution >= 4 is 26.2 Å². The lowest BCUT2D eigenvalue weighted by atomic mass is 9.59. The topological polar surface area (TPSA) is 88.1 Å². The molecule has 3 saturated carbocycles. The normalized spacial score (nSPS) is 44.7. The molecule has 0 aromatic carbocycles. The van der Waals surface area contributed by atoms with Crippen LogP contribution in [-0.4, -0.2) is 50.1 Å². The maximum atomic E-state index is 15.1. The molecule has 36 heavy (non-hydrogen) atoms. The van der Waals surface area contributed by atoms with E-state index in [1.54, 1.807) is 0 Å². The highest BCUT2D eigenvalue weighted by Gasteiger charge is 2.82. The number of ketones is 1. The summed E-state index contributed by atoms with van der Waals surface area (Å²) in [5.74, 6) is -0.313.